The topological polar surface area (TPSA) is 44.8 Å². The predicted molar refractivity (Wildman–Crippen MR) is 156 cm³/mol. The Labute approximate surface area is 224 Å². The Morgan fingerprint density at radius 3 is 1.43 bits per heavy atom. The summed E-state index contributed by atoms with van der Waals surface area (Å²) in [5, 5.41) is 0. The van der Waals surface area contributed by atoms with Gasteiger partial charge < -0.3 is 0 Å². The predicted octanol–water partition coefficient (Wildman–Crippen LogP) is 6.01. The maximum atomic E-state index is 14.9. The van der Waals surface area contributed by atoms with Crippen molar-refractivity contribution in [3.8, 4) is 5.75 Å². The third kappa shape index (κ3) is 5.78. The molecule has 37 heavy (non-hydrogen) atoms. The molecule has 4 aromatic rings. The van der Waals surface area contributed by atoms with Gasteiger partial charge in [0.15, 0.2) is 0 Å². The second-order valence-corrected chi connectivity index (χ2v) is 22.4. The zero-order valence-corrected chi connectivity index (χ0v) is 25.3. The number of methoxy groups -OCH3 is 1. The van der Waals surface area contributed by atoms with Crippen molar-refractivity contribution in [1.29, 1.82) is 0 Å². The number of hydrogen-bond donors (Lipinski definition) is 0. The van der Waals surface area contributed by atoms with Crippen LogP contribution < -0.4 is 15.5 Å². The van der Waals surface area contributed by atoms with Gasteiger partial charge in [0.05, 0.1) is 0 Å². The van der Waals surface area contributed by atoms with Gasteiger partial charge >= 0.3 is 225 Å². The van der Waals surface area contributed by atoms with E-state index in [0.29, 0.717) is 0 Å². The van der Waals surface area contributed by atoms with E-state index in [1.165, 1.54) is 10.7 Å². The van der Waals surface area contributed by atoms with E-state index in [4.69, 9.17) is 13.8 Å². The van der Waals surface area contributed by atoms with Crippen LogP contribution in [0, 0.1) is 0 Å². The quantitative estimate of drug-likeness (QED) is 0.153. The summed E-state index contributed by atoms with van der Waals surface area (Å²) < 4.78 is 36.8. The van der Waals surface area contributed by atoms with Crippen LogP contribution in [0.5, 0.6) is 5.75 Å². The molecule has 0 aliphatic rings. The summed E-state index contributed by atoms with van der Waals surface area (Å²) in [7, 11) is -2.06. The zero-order valence-electron chi connectivity index (χ0n) is 21.5. The zero-order chi connectivity index (χ0) is 26.1. The number of hydrogen-bond acceptors (Lipinski definition) is 4. The second kappa shape index (κ2) is 12.7. The fourth-order valence-electron chi connectivity index (χ4n) is 4.78. The molecule has 0 fully saturated rings. The van der Waals surface area contributed by atoms with E-state index < -0.39 is 26.0 Å². The van der Waals surface area contributed by atoms with E-state index in [1.54, 1.807) is 7.11 Å². The molecule has 0 saturated carbocycles. The van der Waals surface area contributed by atoms with Gasteiger partial charge in [-0.3, -0.25) is 0 Å². The van der Waals surface area contributed by atoms with Crippen LogP contribution in [-0.2, 0) is 13.6 Å². The summed E-state index contributed by atoms with van der Waals surface area (Å²) in [6.07, 6.45) is 2.05. The Balaban J connectivity index is 2.18. The monoisotopic (exact) mass is 620 g/mol. The Morgan fingerprint density at radius 2 is 1.08 bits per heavy atom. The first-order chi connectivity index (χ1) is 18.1. The molecule has 0 radical (unpaired) electrons. The summed E-state index contributed by atoms with van der Waals surface area (Å²) in [5.74, 6) is 0.764. The molecule has 0 heterocycles. The second-order valence-electron chi connectivity index (χ2n) is 8.48. The first-order valence-electron chi connectivity index (χ1n) is 12.5. The van der Waals surface area contributed by atoms with Crippen LogP contribution in [0.3, 0.4) is 0 Å². The van der Waals surface area contributed by atoms with Crippen molar-refractivity contribution in [2.75, 3.05) is 20.3 Å². The third-order valence-electron chi connectivity index (χ3n) is 6.32. The number of benzene rings is 4. The van der Waals surface area contributed by atoms with Crippen molar-refractivity contribution in [2.45, 2.75) is 13.8 Å². The summed E-state index contributed by atoms with van der Waals surface area (Å²) in [6.45, 7) is 4.28. The normalized spacial score (nSPS) is 12.4. The van der Waals surface area contributed by atoms with E-state index in [2.05, 4.69) is 78.9 Å². The molecule has 0 unspecified atom stereocenters. The first-order valence-corrected chi connectivity index (χ1v) is 19.8. The maximum absolute atomic E-state index is 14.9. The van der Waals surface area contributed by atoms with E-state index in [1.807, 2.05) is 56.3 Å². The Morgan fingerprint density at radius 1 is 0.676 bits per heavy atom. The summed E-state index contributed by atoms with van der Waals surface area (Å²) in [6, 6.07) is 39.2. The van der Waals surface area contributed by atoms with Gasteiger partial charge in [-0.25, -0.2) is 0 Å². The molecule has 0 aliphatic carbocycles. The number of rotatable bonds is 11. The van der Waals surface area contributed by atoms with Gasteiger partial charge in [0.2, 0.25) is 0 Å². The molecule has 4 rings (SSSR count). The average Bonchev–Trinajstić information content (AvgIpc) is 2.95. The molecule has 0 atom stereocenters. The van der Waals surface area contributed by atoms with Crippen molar-refractivity contribution in [2.24, 2.45) is 0 Å². The Hall–Kier alpha value is -2.63. The molecule has 4 nitrogen and oxygen atoms in total. The molecule has 0 bridgehead atoms. The van der Waals surface area contributed by atoms with Crippen LogP contribution in [0.1, 0.15) is 19.4 Å². The van der Waals surface area contributed by atoms with Gasteiger partial charge in [0, 0.05) is 0 Å². The standard InChI is InChI=1S/C13H18O4P.3C6H5.Sn/c1-4-16-18(14,17-5-2)11-10-12-6-8-13(15-3)9-7-12;3*1-2-4-6-5-3-1;/h6-10H,4-5H2,1-3H3;3*1-5H;. The Bertz CT molecular complexity index is 1230. The third-order valence-corrected chi connectivity index (χ3v) is 25.7. The van der Waals surface area contributed by atoms with Gasteiger partial charge in [-0.2, -0.15) is 0 Å². The minimum absolute atomic E-state index is 0.275. The van der Waals surface area contributed by atoms with Crippen LogP contribution in [0.15, 0.2) is 119 Å². The van der Waals surface area contributed by atoms with Crippen LogP contribution >= 0.6 is 7.60 Å². The fourth-order valence-corrected chi connectivity index (χ4v) is 26.2. The van der Waals surface area contributed by atoms with Gasteiger partial charge in [0.1, 0.15) is 0 Å². The van der Waals surface area contributed by atoms with Crippen molar-refractivity contribution >= 4 is 42.8 Å². The average molecular weight is 619 g/mol. The van der Waals surface area contributed by atoms with Gasteiger partial charge in [-0.15, -0.1) is 0 Å². The van der Waals surface area contributed by atoms with Crippen molar-refractivity contribution in [3.05, 3.63) is 124 Å². The van der Waals surface area contributed by atoms with Crippen molar-refractivity contribution in [3.63, 3.8) is 0 Å². The minimum atomic E-state index is -4.28. The molecule has 6 heteroatoms. The van der Waals surface area contributed by atoms with Gasteiger partial charge in [-0.05, 0) is 0 Å². The van der Waals surface area contributed by atoms with Crippen molar-refractivity contribution < 1.29 is 18.3 Å². The van der Waals surface area contributed by atoms with E-state index in [0.717, 1.165) is 14.6 Å². The van der Waals surface area contributed by atoms with E-state index in [9.17, 15) is 4.57 Å². The van der Waals surface area contributed by atoms with Crippen molar-refractivity contribution in [1.82, 2.24) is 0 Å². The van der Waals surface area contributed by atoms with E-state index >= 15 is 0 Å². The first kappa shape index (κ1) is 27.4. The van der Waals surface area contributed by atoms with Gasteiger partial charge in [0.25, 0.3) is 0 Å². The van der Waals surface area contributed by atoms with Crippen LogP contribution in [-0.4, -0.2) is 38.7 Å². The van der Waals surface area contributed by atoms with Crippen LogP contribution in [0.4, 0.5) is 0 Å². The fraction of sp³-hybridized carbons (Fsp3) is 0.161. The molecular weight excluding hydrogens is 586 g/mol. The van der Waals surface area contributed by atoms with Gasteiger partial charge in [-0.1, -0.05) is 0 Å². The molecule has 0 spiro atoms. The van der Waals surface area contributed by atoms with Crippen LogP contribution in [0.2, 0.25) is 0 Å². The molecule has 0 amide bonds. The van der Waals surface area contributed by atoms with Crippen LogP contribution in [0.25, 0.3) is 6.08 Å². The molecule has 4 aromatic carbocycles. The summed E-state index contributed by atoms with van der Waals surface area (Å²) in [5.41, 5.74) is 0.916. The molecular formula is C31H33O4PSn. The Kier molecular flexibility index (Phi) is 9.44. The molecule has 190 valence electrons. The SMILES string of the molecule is CCOP(=O)(OCC)/[C](=C\c1ccc(OC)cc1)[Sn]([c]1ccccc1)([c]1ccccc1)[c]1ccccc1. The summed E-state index contributed by atoms with van der Waals surface area (Å²) in [4.78, 5) is 0. The molecule has 0 aromatic heterocycles. The molecule has 0 N–H and O–H groups in total. The summed E-state index contributed by atoms with van der Waals surface area (Å²) >= 11 is -4.28. The molecule has 0 saturated heterocycles. The molecule has 0 aliphatic heterocycles. The van der Waals surface area contributed by atoms with E-state index in [-0.39, 0.29) is 13.2 Å². The number of ether oxygens (including phenoxy) is 1.